The Morgan fingerprint density at radius 3 is 2.68 bits per heavy atom. The SMILES string of the molecule is O=[N+]([O-])c1ccccc1N=Cc1cccc(-c2cccs2)c1. The predicted octanol–water partition coefficient (Wildman–Crippen LogP) is 5.07. The molecule has 0 aliphatic carbocycles. The number of nitro groups is 1. The van der Waals surface area contributed by atoms with Gasteiger partial charge in [-0.25, -0.2) is 4.99 Å². The molecule has 0 bridgehead atoms. The topological polar surface area (TPSA) is 55.5 Å². The van der Waals surface area contributed by atoms with E-state index < -0.39 is 4.92 Å². The van der Waals surface area contributed by atoms with Gasteiger partial charge in [-0.1, -0.05) is 36.4 Å². The minimum Gasteiger partial charge on any atom is -0.258 e. The van der Waals surface area contributed by atoms with Gasteiger partial charge in [-0.05, 0) is 34.7 Å². The maximum Gasteiger partial charge on any atom is 0.294 e. The van der Waals surface area contributed by atoms with Gasteiger partial charge in [-0.15, -0.1) is 11.3 Å². The van der Waals surface area contributed by atoms with Crippen LogP contribution in [0.25, 0.3) is 10.4 Å². The van der Waals surface area contributed by atoms with Gasteiger partial charge in [-0.2, -0.15) is 0 Å². The average Bonchev–Trinajstić information content (AvgIpc) is 3.08. The maximum atomic E-state index is 11.0. The van der Waals surface area contributed by atoms with Crippen LogP contribution in [-0.4, -0.2) is 11.1 Å². The first-order valence-electron chi connectivity index (χ1n) is 6.65. The van der Waals surface area contributed by atoms with Crippen molar-refractivity contribution < 1.29 is 4.92 Å². The van der Waals surface area contributed by atoms with Gasteiger partial charge in [0, 0.05) is 17.2 Å². The Labute approximate surface area is 131 Å². The predicted molar refractivity (Wildman–Crippen MR) is 90.1 cm³/mol. The summed E-state index contributed by atoms with van der Waals surface area (Å²) < 4.78 is 0. The number of rotatable bonds is 4. The molecular formula is C17H12N2O2S. The Bertz CT molecular complexity index is 826. The lowest BCUT2D eigenvalue weighted by Gasteiger charge is -2.00. The van der Waals surface area contributed by atoms with Crippen molar-refractivity contribution in [2.45, 2.75) is 0 Å². The van der Waals surface area contributed by atoms with Gasteiger partial charge in [0.25, 0.3) is 5.69 Å². The lowest BCUT2D eigenvalue weighted by atomic mass is 10.1. The van der Waals surface area contributed by atoms with Crippen LogP contribution in [0.2, 0.25) is 0 Å². The van der Waals surface area contributed by atoms with Gasteiger partial charge in [0.1, 0.15) is 5.69 Å². The van der Waals surface area contributed by atoms with E-state index in [1.54, 1.807) is 35.8 Å². The number of para-hydroxylation sites is 2. The van der Waals surface area contributed by atoms with Crippen molar-refractivity contribution >= 4 is 28.9 Å². The molecule has 1 heterocycles. The number of thiophene rings is 1. The molecule has 0 fully saturated rings. The molecular weight excluding hydrogens is 296 g/mol. The van der Waals surface area contributed by atoms with Crippen molar-refractivity contribution in [3.8, 4) is 10.4 Å². The standard InChI is InChI=1S/C17H12N2O2S/c20-19(21)16-8-2-1-7-15(16)18-12-13-5-3-6-14(11-13)17-9-4-10-22-17/h1-12H. The van der Waals surface area contributed by atoms with Crippen LogP contribution < -0.4 is 0 Å². The second-order valence-corrected chi connectivity index (χ2v) is 5.55. The second kappa shape index (κ2) is 6.32. The highest BCUT2D eigenvalue weighted by Gasteiger charge is 2.10. The van der Waals surface area contributed by atoms with Crippen molar-refractivity contribution in [1.29, 1.82) is 0 Å². The summed E-state index contributed by atoms with van der Waals surface area (Å²) in [5.74, 6) is 0. The lowest BCUT2D eigenvalue weighted by molar-refractivity contribution is -0.384. The molecule has 1 aromatic heterocycles. The molecule has 0 amide bonds. The van der Waals surface area contributed by atoms with Crippen molar-refractivity contribution in [3.63, 3.8) is 0 Å². The summed E-state index contributed by atoms with van der Waals surface area (Å²) in [4.78, 5) is 16.0. The number of hydrogen-bond acceptors (Lipinski definition) is 4. The van der Waals surface area contributed by atoms with Crippen LogP contribution in [0.15, 0.2) is 71.0 Å². The third kappa shape index (κ3) is 3.10. The van der Waals surface area contributed by atoms with Crippen molar-refractivity contribution in [2.24, 2.45) is 4.99 Å². The monoisotopic (exact) mass is 308 g/mol. The molecule has 2 aromatic carbocycles. The number of aliphatic imine (C=N–C) groups is 1. The van der Waals surface area contributed by atoms with Gasteiger partial charge >= 0.3 is 0 Å². The number of nitro benzene ring substituents is 1. The zero-order valence-corrected chi connectivity index (χ0v) is 12.4. The lowest BCUT2D eigenvalue weighted by Crippen LogP contribution is -1.88. The minimum atomic E-state index is -0.422. The van der Waals surface area contributed by atoms with E-state index in [0.29, 0.717) is 5.69 Å². The Kier molecular flexibility index (Phi) is 4.07. The third-order valence-electron chi connectivity index (χ3n) is 3.12. The summed E-state index contributed by atoms with van der Waals surface area (Å²) in [6, 6.07) is 18.5. The third-order valence-corrected chi connectivity index (χ3v) is 4.04. The van der Waals surface area contributed by atoms with Crippen LogP contribution in [0, 0.1) is 10.1 Å². The van der Waals surface area contributed by atoms with E-state index in [0.717, 1.165) is 11.1 Å². The van der Waals surface area contributed by atoms with Gasteiger partial charge in [0.15, 0.2) is 0 Å². The fourth-order valence-corrected chi connectivity index (χ4v) is 2.81. The van der Waals surface area contributed by atoms with E-state index in [2.05, 4.69) is 11.1 Å². The number of nitrogens with zero attached hydrogens (tertiary/aromatic N) is 2. The molecule has 3 rings (SSSR count). The fourth-order valence-electron chi connectivity index (χ4n) is 2.09. The number of hydrogen-bond donors (Lipinski definition) is 0. The first-order valence-corrected chi connectivity index (χ1v) is 7.53. The molecule has 22 heavy (non-hydrogen) atoms. The average molecular weight is 308 g/mol. The summed E-state index contributed by atoms with van der Waals surface area (Å²) in [6.45, 7) is 0. The highest BCUT2D eigenvalue weighted by atomic mass is 32.1. The van der Waals surface area contributed by atoms with Crippen molar-refractivity contribution in [1.82, 2.24) is 0 Å². The fraction of sp³-hybridized carbons (Fsp3) is 0. The number of benzene rings is 2. The van der Waals surface area contributed by atoms with E-state index in [1.165, 1.54) is 10.9 Å². The van der Waals surface area contributed by atoms with E-state index in [1.807, 2.05) is 35.7 Å². The molecule has 5 heteroatoms. The quantitative estimate of drug-likeness (QED) is 0.383. The highest BCUT2D eigenvalue weighted by molar-refractivity contribution is 7.13. The molecule has 108 valence electrons. The molecule has 0 N–H and O–H groups in total. The van der Waals surface area contributed by atoms with Gasteiger partial charge in [0.2, 0.25) is 0 Å². The normalized spacial score (nSPS) is 10.9. The Balaban J connectivity index is 1.91. The smallest absolute Gasteiger partial charge is 0.258 e. The van der Waals surface area contributed by atoms with Gasteiger partial charge < -0.3 is 0 Å². The van der Waals surface area contributed by atoms with Crippen LogP contribution in [-0.2, 0) is 0 Å². The van der Waals surface area contributed by atoms with Gasteiger partial charge in [0.05, 0.1) is 4.92 Å². The van der Waals surface area contributed by atoms with E-state index >= 15 is 0 Å². The summed E-state index contributed by atoms with van der Waals surface area (Å²) in [6.07, 6.45) is 1.65. The zero-order valence-electron chi connectivity index (χ0n) is 11.5. The van der Waals surface area contributed by atoms with Crippen LogP contribution in [0.1, 0.15) is 5.56 Å². The Hall–Kier alpha value is -2.79. The molecule has 0 atom stereocenters. The van der Waals surface area contributed by atoms with Crippen molar-refractivity contribution in [3.05, 3.63) is 81.7 Å². The van der Waals surface area contributed by atoms with Gasteiger partial charge in [-0.3, -0.25) is 10.1 Å². The van der Waals surface area contributed by atoms with Crippen LogP contribution in [0.5, 0.6) is 0 Å². The molecule has 4 nitrogen and oxygen atoms in total. The van der Waals surface area contributed by atoms with E-state index in [9.17, 15) is 10.1 Å². The molecule has 0 saturated heterocycles. The molecule has 3 aromatic rings. The summed E-state index contributed by atoms with van der Waals surface area (Å²) in [7, 11) is 0. The Morgan fingerprint density at radius 2 is 1.91 bits per heavy atom. The first kappa shape index (κ1) is 14.2. The summed E-state index contributed by atoms with van der Waals surface area (Å²) in [5.41, 5.74) is 2.38. The summed E-state index contributed by atoms with van der Waals surface area (Å²) >= 11 is 1.67. The highest BCUT2D eigenvalue weighted by Crippen LogP contribution is 2.27. The minimum absolute atomic E-state index is 0.00756. The maximum absolute atomic E-state index is 11.0. The molecule has 0 radical (unpaired) electrons. The molecule has 0 spiro atoms. The van der Waals surface area contributed by atoms with Crippen LogP contribution >= 0.6 is 11.3 Å². The largest absolute Gasteiger partial charge is 0.294 e. The second-order valence-electron chi connectivity index (χ2n) is 4.61. The molecule has 0 aliphatic rings. The first-order chi connectivity index (χ1) is 10.7. The van der Waals surface area contributed by atoms with E-state index in [-0.39, 0.29) is 5.69 Å². The van der Waals surface area contributed by atoms with E-state index in [4.69, 9.17) is 0 Å². The molecule has 0 saturated carbocycles. The van der Waals surface area contributed by atoms with Crippen LogP contribution in [0.3, 0.4) is 0 Å². The molecule has 0 aliphatic heterocycles. The molecule has 0 unspecified atom stereocenters. The van der Waals surface area contributed by atoms with Crippen molar-refractivity contribution in [2.75, 3.05) is 0 Å². The summed E-state index contributed by atoms with van der Waals surface area (Å²) in [5, 5.41) is 13.0. The zero-order chi connectivity index (χ0) is 15.4. The van der Waals surface area contributed by atoms with Crippen LogP contribution in [0.4, 0.5) is 11.4 Å². The Morgan fingerprint density at radius 1 is 1.05 bits per heavy atom.